The van der Waals surface area contributed by atoms with E-state index in [1.807, 2.05) is 20.0 Å². The third kappa shape index (κ3) is 1.32. The van der Waals surface area contributed by atoms with Crippen molar-refractivity contribution in [2.24, 2.45) is 0 Å². The second-order valence-electron chi connectivity index (χ2n) is 3.47. The minimum absolute atomic E-state index is 0.124. The summed E-state index contributed by atoms with van der Waals surface area (Å²) in [7, 11) is 2.00. The Balaban J connectivity index is 2.63. The predicted octanol–water partition coefficient (Wildman–Crippen LogP) is 0.392. The predicted molar refractivity (Wildman–Crippen MR) is 51.1 cm³/mol. The van der Waals surface area contributed by atoms with Gasteiger partial charge in [0.05, 0.1) is 0 Å². The Labute approximate surface area is 76.8 Å². The van der Waals surface area contributed by atoms with Crippen LogP contribution in [-0.2, 0) is 6.54 Å². The molecule has 0 radical (unpaired) electrons. The quantitative estimate of drug-likeness (QED) is 0.578. The molecule has 13 heavy (non-hydrogen) atoms. The van der Waals surface area contributed by atoms with Gasteiger partial charge in [0, 0.05) is 31.9 Å². The average Bonchev–Trinajstić information content (AvgIpc) is 2.07. The molecule has 1 aromatic heterocycles. The van der Waals surface area contributed by atoms with E-state index in [4.69, 9.17) is 0 Å². The zero-order valence-electron chi connectivity index (χ0n) is 7.95. The van der Waals surface area contributed by atoms with Crippen molar-refractivity contribution >= 4 is 5.82 Å². The molecule has 0 aliphatic carbocycles. The van der Waals surface area contributed by atoms with E-state index in [9.17, 15) is 4.79 Å². The highest BCUT2D eigenvalue weighted by Crippen LogP contribution is 2.16. The normalized spacial score (nSPS) is 15.7. The summed E-state index contributed by atoms with van der Waals surface area (Å²) in [5.74, 6) is 0.990. The fraction of sp³-hybridized carbons (Fsp3) is 0.556. The van der Waals surface area contributed by atoms with Crippen molar-refractivity contribution in [2.45, 2.75) is 19.9 Å². The van der Waals surface area contributed by atoms with Crippen LogP contribution in [0.4, 0.5) is 5.82 Å². The first-order valence-corrected chi connectivity index (χ1v) is 4.48. The third-order valence-electron chi connectivity index (χ3n) is 2.38. The summed E-state index contributed by atoms with van der Waals surface area (Å²) in [6.07, 6.45) is 1.02. The Morgan fingerprint density at radius 3 is 3.00 bits per heavy atom. The van der Waals surface area contributed by atoms with Gasteiger partial charge in [-0.25, -0.2) is 4.79 Å². The van der Waals surface area contributed by atoms with E-state index in [1.54, 1.807) is 4.57 Å². The highest BCUT2D eigenvalue weighted by Gasteiger charge is 2.14. The zero-order chi connectivity index (χ0) is 9.42. The van der Waals surface area contributed by atoms with Crippen LogP contribution in [0.3, 0.4) is 0 Å². The van der Waals surface area contributed by atoms with Crippen molar-refractivity contribution in [3.05, 3.63) is 22.2 Å². The first-order valence-electron chi connectivity index (χ1n) is 4.48. The Morgan fingerprint density at radius 1 is 1.46 bits per heavy atom. The summed E-state index contributed by atoms with van der Waals surface area (Å²) < 4.78 is 1.73. The monoisotopic (exact) mass is 179 g/mol. The summed E-state index contributed by atoms with van der Waals surface area (Å²) in [6.45, 7) is 3.67. The largest absolute Gasteiger partial charge is 0.361 e. The molecule has 4 nitrogen and oxygen atoms in total. The van der Waals surface area contributed by atoms with Crippen LogP contribution in [0.1, 0.15) is 12.1 Å². The van der Waals surface area contributed by atoms with E-state index in [-0.39, 0.29) is 5.69 Å². The van der Waals surface area contributed by atoms with Crippen LogP contribution < -0.4 is 10.6 Å². The Morgan fingerprint density at radius 2 is 2.23 bits per heavy atom. The Kier molecular flexibility index (Phi) is 1.83. The molecule has 70 valence electrons. The minimum Gasteiger partial charge on any atom is -0.361 e. The lowest BCUT2D eigenvalue weighted by atomic mass is 10.3. The van der Waals surface area contributed by atoms with Gasteiger partial charge in [-0.3, -0.25) is 4.57 Å². The van der Waals surface area contributed by atoms with E-state index in [0.29, 0.717) is 0 Å². The van der Waals surface area contributed by atoms with Gasteiger partial charge in [0.1, 0.15) is 5.82 Å². The van der Waals surface area contributed by atoms with Gasteiger partial charge in [-0.05, 0) is 13.3 Å². The number of aromatic nitrogens is 2. The SMILES string of the molecule is Cc1cc2n(c(=O)n1)CCCN2C. The van der Waals surface area contributed by atoms with Crippen LogP contribution in [0.5, 0.6) is 0 Å². The summed E-state index contributed by atoms with van der Waals surface area (Å²) >= 11 is 0. The van der Waals surface area contributed by atoms with Gasteiger partial charge in [0.15, 0.2) is 0 Å². The molecule has 0 saturated heterocycles. The minimum atomic E-state index is -0.124. The molecule has 4 heteroatoms. The highest BCUT2D eigenvalue weighted by molar-refractivity contribution is 5.40. The summed E-state index contributed by atoms with van der Waals surface area (Å²) in [6, 6.07) is 1.96. The van der Waals surface area contributed by atoms with Crippen molar-refractivity contribution in [3.63, 3.8) is 0 Å². The molecule has 1 aliphatic rings. The topological polar surface area (TPSA) is 38.1 Å². The van der Waals surface area contributed by atoms with Crippen molar-refractivity contribution in [1.29, 1.82) is 0 Å². The van der Waals surface area contributed by atoms with Crippen LogP contribution in [0, 0.1) is 6.92 Å². The van der Waals surface area contributed by atoms with Gasteiger partial charge < -0.3 is 4.90 Å². The number of rotatable bonds is 0. The molecule has 0 aromatic carbocycles. The van der Waals surface area contributed by atoms with Gasteiger partial charge >= 0.3 is 5.69 Å². The van der Waals surface area contributed by atoms with Crippen LogP contribution in [0.2, 0.25) is 0 Å². The average molecular weight is 179 g/mol. The molecule has 0 spiro atoms. The van der Waals surface area contributed by atoms with Gasteiger partial charge in [-0.1, -0.05) is 0 Å². The maximum Gasteiger partial charge on any atom is 0.349 e. The van der Waals surface area contributed by atoms with Crippen molar-refractivity contribution < 1.29 is 0 Å². The number of hydrogen-bond donors (Lipinski definition) is 0. The van der Waals surface area contributed by atoms with Crippen LogP contribution >= 0.6 is 0 Å². The molecule has 1 aliphatic heterocycles. The van der Waals surface area contributed by atoms with Gasteiger partial charge in [0.25, 0.3) is 0 Å². The molecule has 0 amide bonds. The Bertz CT molecular complexity index is 383. The lowest BCUT2D eigenvalue weighted by molar-refractivity contribution is 0.552. The second-order valence-corrected chi connectivity index (χ2v) is 3.47. The standard InChI is InChI=1S/C9H13N3O/c1-7-6-8-11(2)4-3-5-12(8)9(13)10-7/h6H,3-5H2,1-2H3. The highest BCUT2D eigenvalue weighted by atomic mass is 16.1. The van der Waals surface area contributed by atoms with Crippen molar-refractivity contribution in [2.75, 3.05) is 18.5 Å². The van der Waals surface area contributed by atoms with E-state index in [2.05, 4.69) is 9.88 Å². The fourth-order valence-electron chi connectivity index (χ4n) is 1.71. The number of aryl methyl sites for hydroxylation is 1. The molecule has 0 unspecified atom stereocenters. The maximum absolute atomic E-state index is 11.5. The van der Waals surface area contributed by atoms with Crippen LogP contribution in [-0.4, -0.2) is 23.1 Å². The lowest BCUT2D eigenvalue weighted by Crippen LogP contribution is -2.36. The van der Waals surface area contributed by atoms with Gasteiger partial charge in [-0.2, -0.15) is 4.98 Å². The molecule has 0 bridgehead atoms. The molecule has 0 atom stereocenters. The van der Waals surface area contributed by atoms with Crippen LogP contribution in [0.15, 0.2) is 10.9 Å². The Hall–Kier alpha value is -1.32. The molecule has 0 fully saturated rings. The lowest BCUT2D eigenvalue weighted by Gasteiger charge is -2.28. The first-order chi connectivity index (χ1) is 6.18. The summed E-state index contributed by atoms with van der Waals surface area (Å²) in [5, 5.41) is 0. The van der Waals surface area contributed by atoms with E-state index in [1.165, 1.54) is 0 Å². The third-order valence-corrected chi connectivity index (χ3v) is 2.38. The molecule has 2 heterocycles. The number of anilines is 1. The number of hydrogen-bond acceptors (Lipinski definition) is 3. The van der Waals surface area contributed by atoms with E-state index >= 15 is 0 Å². The van der Waals surface area contributed by atoms with Gasteiger partial charge in [0.2, 0.25) is 0 Å². The van der Waals surface area contributed by atoms with Crippen molar-refractivity contribution in [3.8, 4) is 0 Å². The number of fused-ring (bicyclic) bond motifs is 1. The number of nitrogens with zero attached hydrogens (tertiary/aromatic N) is 3. The van der Waals surface area contributed by atoms with E-state index in [0.717, 1.165) is 31.0 Å². The molecular formula is C9H13N3O. The summed E-state index contributed by atoms with van der Waals surface area (Å²) in [5.41, 5.74) is 0.673. The van der Waals surface area contributed by atoms with E-state index < -0.39 is 0 Å². The van der Waals surface area contributed by atoms with Crippen molar-refractivity contribution in [1.82, 2.24) is 9.55 Å². The molecule has 2 rings (SSSR count). The molecule has 0 N–H and O–H groups in total. The molecular weight excluding hydrogens is 166 g/mol. The molecule has 1 aromatic rings. The fourth-order valence-corrected chi connectivity index (χ4v) is 1.71. The zero-order valence-corrected chi connectivity index (χ0v) is 7.95. The van der Waals surface area contributed by atoms with Gasteiger partial charge in [-0.15, -0.1) is 0 Å². The molecule has 0 saturated carbocycles. The first kappa shape index (κ1) is 8.29. The van der Waals surface area contributed by atoms with Crippen LogP contribution in [0.25, 0.3) is 0 Å². The summed E-state index contributed by atoms with van der Waals surface area (Å²) in [4.78, 5) is 17.5. The second kappa shape index (κ2) is 2.87. The maximum atomic E-state index is 11.5. The smallest absolute Gasteiger partial charge is 0.349 e.